The molecule has 1 heterocycles. The van der Waals surface area contributed by atoms with Gasteiger partial charge in [-0.25, -0.2) is 0 Å². The van der Waals surface area contributed by atoms with Gasteiger partial charge in [0.05, 0.1) is 18.0 Å². The number of nitrogens with one attached hydrogen (secondary N) is 1. The van der Waals surface area contributed by atoms with Gasteiger partial charge in [-0.2, -0.15) is 0 Å². The molecule has 0 saturated carbocycles. The van der Waals surface area contributed by atoms with E-state index >= 15 is 0 Å². The molecule has 24 heavy (non-hydrogen) atoms. The van der Waals surface area contributed by atoms with Crippen molar-refractivity contribution in [3.8, 4) is 0 Å². The van der Waals surface area contributed by atoms with E-state index in [0.29, 0.717) is 24.4 Å². The molecular formula is C18H22BrN3O2. The maximum absolute atomic E-state index is 12.7. The molecule has 1 unspecified atom stereocenters. The molecule has 128 valence electrons. The third-order valence-corrected chi connectivity index (χ3v) is 4.81. The van der Waals surface area contributed by atoms with Crippen molar-refractivity contribution in [3.63, 3.8) is 0 Å². The smallest absolute Gasteiger partial charge is 0.318 e. The summed E-state index contributed by atoms with van der Waals surface area (Å²) >= 11 is 3.49. The number of anilines is 2. The van der Waals surface area contributed by atoms with Crippen LogP contribution in [0, 0.1) is 0 Å². The number of halogens is 1. The molecule has 0 aliphatic rings. The van der Waals surface area contributed by atoms with E-state index in [2.05, 4.69) is 27.5 Å². The normalized spacial score (nSPS) is 13.3. The van der Waals surface area contributed by atoms with E-state index < -0.39 is 5.41 Å². The molecule has 0 fully saturated rings. The van der Waals surface area contributed by atoms with Gasteiger partial charge in [0.2, 0.25) is 0 Å². The van der Waals surface area contributed by atoms with E-state index in [1.807, 2.05) is 19.1 Å². The summed E-state index contributed by atoms with van der Waals surface area (Å²) in [5.74, 6) is -0.319. The molecule has 0 saturated heterocycles. The van der Waals surface area contributed by atoms with Crippen molar-refractivity contribution >= 4 is 39.4 Å². The molecular weight excluding hydrogens is 370 g/mol. The van der Waals surface area contributed by atoms with Crippen LogP contribution >= 0.6 is 15.9 Å². The van der Waals surface area contributed by atoms with Gasteiger partial charge in [0.15, 0.2) is 0 Å². The summed E-state index contributed by atoms with van der Waals surface area (Å²) in [5.41, 5.74) is 14.6. The number of carbonyl (C=O) groups is 1. The van der Waals surface area contributed by atoms with Gasteiger partial charge in [-0.05, 0) is 49.6 Å². The predicted molar refractivity (Wildman–Crippen MR) is 102 cm³/mol. The first-order valence-electron chi connectivity index (χ1n) is 7.65. The fraction of sp³-hybridized carbons (Fsp3) is 0.278. The molecule has 1 aromatic heterocycles. The van der Waals surface area contributed by atoms with Crippen molar-refractivity contribution in [2.45, 2.75) is 25.7 Å². The summed E-state index contributed by atoms with van der Waals surface area (Å²) in [7, 11) is 0. The van der Waals surface area contributed by atoms with Crippen LogP contribution in [0.1, 0.15) is 30.7 Å². The molecule has 0 aliphatic carbocycles. The fourth-order valence-electron chi connectivity index (χ4n) is 2.76. The summed E-state index contributed by atoms with van der Waals surface area (Å²) in [6, 6.07) is 5.45. The molecule has 1 aromatic carbocycles. The minimum atomic E-state index is -0.918. The molecule has 5 N–H and O–H groups in total. The highest BCUT2D eigenvalue weighted by atomic mass is 79.9. The monoisotopic (exact) mass is 391 g/mol. The van der Waals surface area contributed by atoms with Gasteiger partial charge in [0.1, 0.15) is 5.41 Å². The van der Waals surface area contributed by atoms with E-state index in [1.54, 1.807) is 25.3 Å². The number of hydrogen-bond acceptors (Lipinski definition) is 4. The largest absolute Gasteiger partial charge is 0.465 e. The third kappa shape index (κ3) is 3.19. The fourth-order valence-corrected chi connectivity index (χ4v) is 3.41. The molecule has 2 rings (SSSR count). The number of esters is 1. The average Bonchev–Trinajstić information content (AvgIpc) is 3.07. The second-order valence-electron chi connectivity index (χ2n) is 5.77. The van der Waals surface area contributed by atoms with Crippen LogP contribution in [-0.4, -0.2) is 17.6 Å². The van der Waals surface area contributed by atoms with Gasteiger partial charge in [-0.15, -0.1) is 0 Å². The van der Waals surface area contributed by atoms with E-state index in [-0.39, 0.29) is 5.97 Å². The average molecular weight is 392 g/mol. The summed E-state index contributed by atoms with van der Waals surface area (Å²) in [6.45, 7) is 7.77. The minimum absolute atomic E-state index is 0.305. The number of aromatic amines is 1. The number of aromatic nitrogens is 1. The van der Waals surface area contributed by atoms with Crippen molar-refractivity contribution in [1.29, 1.82) is 0 Å². The maximum atomic E-state index is 12.7. The van der Waals surface area contributed by atoms with Crippen LogP contribution in [0.25, 0.3) is 6.08 Å². The Kier molecular flexibility index (Phi) is 5.39. The lowest BCUT2D eigenvalue weighted by molar-refractivity contribution is -0.149. The highest BCUT2D eigenvalue weighted by molar-refractivity contribution is 9.10. The highest BCUT2D eigenvalue weighted by Gasteiger charge is 2.39. The molecule has 0 radical (unpaired) electrons. The maximum Gasteiger partial charge on any atom is 0.318 e. The van der Waals surface area contributed by atoms with Crippen molar-refractivity contribution in [1.82, 2.24) is 4.98 Å². The zero-order valence-electron chi connectivity index (χ0n) is 13.9. The van der Waals surface area contributed by atoms with Gasteiger partial charge >= 0.3 is 5.97 Å². The molecule has 0 bridgehead atoms. The number of nitrogens with two attached hydrogens (primary N) is 2. The van der Waals surface area contributed by atoms with Crippen molar-refractivity contribution < 1.29 is 9.53 Å². The Morgan fingerprint density at radius 2 is 2.21 bits per heavy atom. The van der Waals surface area contributed by atoms with Crippen LogP contribution in [0.15, 0.2) is 35.4 Å². The predicted octanol–water partition coefficient (Wildman–Crippen LogP) is 3.65. The zero-order chi connectivity index (χ0) is 17.9. The van der Waals surface area contributed by atoms with Gasteiger partial charge in [0.25, 0.3) is 0 Å². The Balaban J connectivity index is 2.60. The lowest BCUT2D eigenvalue weighted by atomic mass is 9.78. The van der Waals surface area contributed by atoms with Crippen LogP contribution in [0.2, 0.25) is 0 Å². The second kappa shape index (κ2) is 7.13. The first-order chi connectivity index (χ1) is 11.3. The quantitative estimate of drug-likeness (QED) is 0.517. The summed E-state index contributed by atoms with van der Waals surface area (Å²) in [4.78, 5) is 15.8. The number of rotatable bonds is 6. The second-order valence-corrected chi connectivity index (χ2v) is 6.63. The number of carbonyl (C=O) groups excluding carboxylic acids is 1. The Hall–Kier alpha value is -2.21. The van der Waals surface area contributed by atoms with Gasteiger partial charge in [-0.3, -0.25) is 4.79 Å². The Morgan fingerprint density at radius 3 is 2.75 bits per heavy atom. The van der Waals surface area contributed by atoms with Gasteiger partial charge in [-0.1, -0.05) is 28.6 Å². The van der Waals surface area contributed by atoms with E-state index in [1.165, 1.54) is 0 Å². The van der Waals surface area contributed by atoms with Gasteiger partial charge < -0.3 is 21.2 Å². The number of ether oxygens (including phenoxy) is 1. The number of hydrogen-bond donors (Lipinski definition) is 3. The first-order valence-corrected chi connectivity index (χ1v) is 8.44. The SMILES string of the molecule is C=Cc1c(Br)cc(N)c(N)c1CC(C)(C(=O)OCC)c1ccc[nH]1. The standard InChI is InChI=1S/C18H22BrN3O2/c1-4-11-12(16(21)14(20)9-13(11)19)10-18(3,17(23)24-5-2)15-7-6-8-22-15/h4,6-9,22H,1,5,10,20-21H2,2-3H3. The topological polar surface area (TPSA) is 94.1 Å². The molecule has 1 atom stereocenters. The Labute approximate surface area is 150 Å². The molecule has 2 aromatic rings. The lowest BCUT2D eigenvalue weighted by Gasteiger charge is -2.28. The molecule has 0 aliphatic heterocycles. The van der Waals surface area contributed by atoms with Crippen LogP contribution in [0.5, 0.6) is 0 Å². The number of H-pyrrole nitrogens is 1. The van der Waals surface area contributed by atoms with Crippen molar-refractivity contribution in [3.05, 3.63) is 52.3 Å². The summed E-state index contributed by atoms with van der Waals surface area (Å²) in [5, 5.41) is 0. The summed E-state index contributed by atoms with van der Waals surface area (Å²) in [6.07, 6.45) is 3.82. The highest BCUT2D eigenvalue weighted by Crippen LogP contribution is 2.38. The van der Waals surface area contributed by atoms with Crippen LogP contribution in [0.4, 0.5) is 11.4 Å². The van der Waals surface area contributed by atoms with Crippen LogP contribution < -0.4 is 11.5 Å². The molecule has 0 amide bonds. The number of benzene rings is 1. The van der Waals surface area contributed by atoms with E-state index in [9.17, 15) is 4.79 Å². The molecule has 6 heteroatoms. The van der Waals surface area contributed by atoms with Crippen molar-refractivity contribution in [2.24, 2.45) is 0 Å². The molecule has 0 spiro atoms. The Morgan fingerprint density at radius 1 is 1.50 bits per heavy atom. The minimum Gasteiger partial charge on any atom is -0.465 e. The zero-order valence-corrected chi connectivity index (χ0v) is 15.4. The first kappa shape index (κ1) is 18.1. The molecule has 5 nitrogen and oxygen atoms in total. The van der Waals surface area contributed by atoms with Crippen LogP contribution in [-0.2, 0) is 21.4 Å². The third-order valence-electron chi connectivity index (χ3n) is 4.15. The van der Waals surface area contributed by atoms with Gasteiger partial charge in [0, 0.05) is 16.4 Å². The van der Waals surface area contributed by atoms with Crippen LogP contribution in [0.3, 0.4) is 0 Å². The number of nitrogen functional groups attached to an aromatic ring is 2. The van der Waals surface area contributed by atoms with E-state index in [4.69, 9.17) is 16.2 Å². The van der Waals surface area contributed by atoms with E-state index in [0.717, 1.165) is 21.3 Å². The lowest BCUT2D eigenvalue weighted by Crippen LogP contribution is -2.37. The Bertz CT molecular complexity index is 756. The van der Waals surface area contributed by atoms with Crippen molar-refractivity contribution in [2.75, 3.05) is 18.1 Å². The summed E-state index contributed by atoms with van der Waals surface area (Å²) < 4.78 is 6.10.